The molecule has 23 heavy (non-hydrogen) atoms. The van der Waals surface area contributed by atoms with Gasteiger partial charge in [0, 0.05) is 16.6 Å². The van der Waals surface area contributed by atoms with Crippen LogP contribution in [0.4, 0.5) is 35.0 Å². The highest BCUT2D eigenvalue weighted by atomic mass is 79.9. The largest absolute Gasteiger partial charge is 0.433 e. The van der Waals surface area contributed by atoms with Gasteiger partial charge in [-0.05, 0) is 47.0 Å². The van der Waals surface area contributed by atoms with E-state index in [1.807, 2.05) is 0 Å². The standard InChI is InChI=1S/C14H11BrF4N4/c15-9-5-7(16)1-4-10(9)21-12-6-11(14(17,18)19)22-13(23-12)20-8-2-3-8/h1,4-6,8H,2-3H2,(H2,20,21,22,23). The second-order valence-corrected chi connectivity index (χ2v) is 5.98. The lowest BCUT2D eigenvalue weighted by Crippen LogP contribution is -2.14. The molecule has 0 aliphatic heterocycles. The lowest BCUT2D eigenvalue weighted by Gasteiger charge is -2.13. The fourth-order valence-electron chi connectivity index (χ4n) is 1.86. The molecule has 0 spiro atoms. The molecule has 0 bridgehead atoms. The van der Waals surface area contributed by atoms with E-state index in [9.17, 15) is 17.6 Å². The number of nitrogens with zero attached hydrogens (tertiary/aromatic N) is 2. The van der Waals surface area contributed by atoms with E-state index in [4.69, 9.17) is 0 Å². The highest BCUT2D eigenvalue weighted by molar-refractivity contribution is 9.10. The third-order valence-corrected chi connectivity index (χ3v) is 3.78. The summed E-state index contributed by atoms with van der Waals surface area (Å²) in [6, 6.07) is 4.74. The van der Waals surface area contributed by atoms with Gasteiger partial charge in [0.2, 0.25) is 5.95 Å². The molecular weight excluding hydrogens is 380 g/mol. The van der Waals surface area contributed by atoms with Crippen LogP contribution in [0.15, 0.2) is 28.7 Å². The molecule has 1 fully saturated rings. The van der Waals surface area contributed by atoms with Crippen LogP contribution in [-0.4, -0.2) is 16.0 Å². The van der Waals surface area contributed by atoms with E-state index in [1.54, 1.807) is 0 Å². The molecule has 4 nitrogen and oxygen atoms in total. The van der Waals surface area contributed by atoms with Crippen molar-refractivity contribution in [2.45, 2.75) is 25.1 Å². The minimum atomic E-state index is -4.58. The normalized spacial score (nSPS) is 14.7. The van der Waals surface area contributed by atoms with Crippen LogP contribution in [0.2, 0.25) is 0 Å². The molecule has 1 aliphatic rings. The van der Waals surface area contributed by atoms with Crippen LogP contribution in [0.25, 0.3) is 0 Å². The Hall–Kier alpha value is -1.90. The predicted molar refractivity (Wildman–Crippen MR) is 81.1 cm³/mol. The molecular formula is C14H11BrF4N4. The highest BCUT2D eigenvalue weighted by Gasteiger charge is 2.34. The first-order valence-corrected chi connectivity index (χ1v) is 7.55. The molecule has 3 rings (SSSR count). The average Bonchev–Trinajstić information content (AvgIpc) is 3.25. The Bertz CT molecular complexity index is 731. The van der Waals surface area contributed by atoms with Gasteiger partial charge in [-0.15, -0.1) is 0 Å². The molecule has 1 aliphatic carbocycles. The van der Waals surface area contributed by atoms with Gasteiger partial charge in [0.05, 0.1) is 5.69 Å². The summed E-state index contributed by atoms with van der Waals surface area (Å²) in [7, 11) is 0. The molecule has 1 heterocycles. The van der Waals surface area contributed by atoms with Gasteiger partial charge in [-0.3, -0.25) is 0 Å². The Morgan fingerprint density at radius 2 is 1.87 bits per heavy atom. The Morgan fingerprint density at radius 3 is 2.48 bits per heavy atom. The third kappa shape index (κ3) is 4.10. The summed E-state index contributed by atoms with van der Waals surface area (Å²) >= 11 is 3.15. The van der Waals surface area contributed by atoms with Gasteiger partial charge in [-0.2, -0.15) is 18.2 Å². The lowest BCUT2D eigenvalue weighted by atomic mass is 10.3. The number of hydrogen-bond donors (Lipinski definition) is 2. The van der Waals surface area contributed by atoms with Crippen molar-refractivity contribution in [2.24, 2.45) is 0 Å². The first kappa shape index (κ1) is 16.0. The van der Waals surface area contributed by atoms with E-state index in [2.05, 4.69) is 36.5 Å². The number of nitrogens with one attached hydrogen (secondary N) is 2. The van der Waals surface area contributed by atoms with Crippen molar-refractivity contribution >= 4 is 33.4 Å². The van der Waals surface area contributed by atoms with Crippen LogP contribution in [-0.2, 0) is 6.18 Å². The molecule has 1 aromatic carbocycles. The van der Waals surface area contributed by atoms with Gasteiger partial charge in [0.1, 0.15) is 11.6 Å². The topological polar surface area (TPSA) is 49.8 Å². The Balaban J connectivity index is 1.93. The van der Waals surface area contributed by atoms with E-state index < -0.39 is 17.7 Å². The molecule has 9 heteroatoms. The van der Waals surface area contributed by atoms with E-state index >= 15 is 0 Å². The van der Waals surface area contributed by atoms with Gasteiger partial charge < -0.3 is 10.6 Å². The fraction of sp³-hybridized carbons (Fsp3) is 0.286. The second-order valence-electron chi connectivity index (χ2n) is 5.13. The molecule has 122 valence electrons. The number of halogens is 5. The SMILES string of the molecule is Fc1ccc(Nc2cc(C(F)(F)F)nc(NC3CC3)n2)c(Br)c1. The van der Waals surface area contributed by atoms with Gasteiger partial charge in [-0.25, -0.2) is 9.37 Å². The van der Waals surface area contributed by atoms with E-state index in [-0.39, 0.29) is 17.8 Å². The van der Waals surface area contributed by atoms with Crippen LogP contribution >= 0.6 is 15.9 Å². The minimum absolute atomic E-state index is 0.0252. The summed E-state index contributed by atoms with van der Waals surface area (Å²) in [6.07, 6.45) is -2.82. The molecule has 2 aromatic rings. The molecule has 0 radical (unpaired) electrons. The maximum absolute atomic E-state index is 13.1. The molecule has 1 saturated carbocycles. The minimum Gasteiger partial charge on any atom is -0.351 e. The molecule has 0 unspecified atom stereocenters. The van der Waals surface area contributed by atoms with Gasteiger partial charge in [0.25, 0.3) is 0 Å². The maximum atomic E-state index is 13.1. The number of benzene rings is 1. The van der Waals surface area contributed by atoms with Crippen LogP contribution in [0.1, 0.15) is 18.5 Å². The predicted octanol–water partition coefficient (Wildman–Crippen LogP) is 4.71. The molecule has 2 N–H and O–H groups in total. The van der Waals surface area contributed by atoms with Gasteiger partial charge >= 0.3 is 6.18 Å². The molecule has 0 saturated heterocycles. The number of aromatic nitrogens is 2. The van der Waals surface area contributed by atoms with Crippen molar-refractivity contribution in [1.82, 2.24) is 9.97 Å². The van der Waals surface area contributed by atoms with Crippen molar-refractivity contribution < 1.29 is 17.6 Å². The van der Waals surface area contributed by atoms with E-state index in [0.717, 1.165) is 18.9 Å². The highest BCUT2D eigenvalue weighted by Crippen LogP contribution is 2.33. The van der Waals surface area contributed by atoms with Crippen molar-refractivity contribution in [3.63, 3.8) is 0 Å². The molecule has 0 amide bonds. The summed E-state index contributed by atoms with van der Waals surface area (Å²) in [5.41, 5.74) is -0.646. The number of anilines is 3. The first-order valence-electron chi connectivity index (χ1n) is 6.76. The number of rotatable bonds is 4. The summed E-state index contributed by atoms with van der Waals surface area (Å²) in [5.74, 6) is -0.567. The van der Waals surface area contributed by atoms with E-state index in [1.165, 1.54) is 18.2 Å². The van der Waals surface area contributed by atoms with Crippen LogP contribution in [0.5, 0.6) is 0 Å². The van der Waals surface area contributed by atoms with E-state index in [0.29, 0.717) is 10.2 Å². The Kier molecular flexibility index (Phi) is 4.13. The summed E-state index contributed by atoms with van der Waals surface area (Å²) in [6.45, 7) is 0. The number of hydrogen-bond acceptors (Lipinski definition) is 4. The smallest absolute Gasteiger partial charge is 0.351 e. The Labute approximate surface area is 137 Å². The van der Waals surface area contributed by atoms with Crippen molar-refractivity contribution in [3.8, 4) is 0 Å². The summed E-state index contributed by atoms with van der Waals surface area (Å²) < 4.78 is 52.4. The average molecular weight is 391 g/mol. The first-order chi connectivity index (χ1) is 10.8. The fourth-order valence-corrected chi connectivity index (χ4v) is 2.31. The molecule has 0 atom stereocenters. The number of alkyl halides is 3. The lowest BCUT2D eigenvalue weighted by molar-refractivity contribution is -0.141. The zero-order chi connectivity index (χ0) is 16.6. The van der Waals surface area contributed by atoms with Gasteiger partial charge in [0.15, 0.2) is 5.69 Å². The van der Waals surface area contributed by atoms with Crippen molar-refractivity contribution in [1.29, 1.82) is 0 Å². The molecule has 1 aromatic heterocycles. The van der Waals surface area contributed by atoms with Crippen molar-refractivity contribution in [2.75, 3.05) is 10.6 Å². The van der Waals surface area contributed by atoms with Crippen LogP contribution in [0.3, 0.4) is 0 Å². The zero-order valence-corrected chi connectivity index (χ0v) is 13.2. The van der Waals surface area contributed by atoms with Crippen LogP contribution < -0.4 is 10.6 Å². The summed E-state index contributed by atoms with van der Waals surface area (Å²) in [4.78, 5) is 7.54. The Morgan fingerprint density at radius 1 is 1.13 bits per heavy atom. The van der Waals surface area contributed by atoms with Crippen LogP contribution in [0, 0.1) is 5.82 Å². The van der Waals surface area contributed by atoms with Gasteiger partial charge in [-0.1, -0.05) is 0 Å². The zero-order valence-electron chi connectivity index (χ0n) is 11.6. The van der Waals surface area contributed by atoms with Crippen molar-refractivity contribution in [3.05, 3.63) is 40.2 Å². The monoisotopic (exact) mass is 390 g/mol. The summed E-state index contributed by atoms with van der Waals surface area (Å²) in [5, 5.41) is 5.59. The maximum Gasteiger partial charge on any atom is 0.433 e. The quantitative estimate of drug-likeness (QED) is 0.741. The third-order valence-electron chi connectivity index (χ3n) is 3.12. The second kappa shape index (κ2) is 5.95.